The summed E-state index contributed by atoms with van der Waals surface area (Å²) in [4.78, 5) is 24.4. The number of aryl methyl sites for hydroxylation is 1. The summed E-state index contributed by atoms with van der Waals surface area (Å²) in [6.45, 7) is 0.540. The van der Waals surface area contributed by atoms with E-state index in [1.165, 1.54) is 24.3 Å². The Kier molecular flexibility index (Phi) is 4.06. The van der Waals surface area contributed by atoms with E-state index in [0.717, 1.165) is 11.1 Å². The summed E-state index contributed by atoms with van der Waals surface area (Å²) < 4.78 is 12.9. The molecule has 6 heteroatoms. The fraction of sp³-hybridized carbons (Fsp3) is 0.235. The van der Waals surface area contributed by atoms with Crippen LogP contribution in [0.2, 0.25) is 0 Å². The van der Waals surface area contributed by atoms with Gasteiger partial charge >= 0.3 is 0 Å². The summed E-state index contributed by atoms with van der Waals surface area (Å²) in [7, 11) is 0. The minimum absolute atomic E-state index is 0.0121. The Hall–Kier alpha value is -2.76. The van der Waals surface area contributed by atoms with Crippen molar-refractivity contribution >= 4 is 17.3 Å². The molecule has 118 valence electrons. The van der Waals surface area contributed by atoms with Gasteiger partial charge in [-0.2, -0.15) is 0 Å². The Morgan fingerprint density at radius 1 is 1.22 bits per heavy atom. The van der Waals surface area contributed by atoms with Crippen LogP contribution in [0, 0.1) is 15.9 Å². The van der Waals surface area contributed by atoms with Gasteiger partial charge in [0.15, 0.2) is 0 Å². The Balaban J connectivity index is 1.71. The molecular formula is C17H15FN2O3. The molecule has 0 radical (unpaired) electrons. The molecule has 1 heterocycles. The van der Waals surface area contributed by atoms with Crippen molar-refractivity contribution in [1.29, 1.82) is 0 Å². The quantitative estimate of drug-likeness (QED) is 0.643. The molecule has 0 aliphatic carbocycles. The second-order valence-electron chi connectivity index (χ2n) is 5.49. The summed E-state index contributed by atoms with van der Waals surface area (Å²) >= 11 is 0. The van der Waals surface area contributed by atoms with Crippen LogP contribution in [0.3, 0.4) is 0 Å². The molecule has 1 aliphatic rings. The van der Waals surface area contributed by atoms with E-state index in [0.29, 0.717) is 25.1 Å². The molecule has 0 fully saturated rings. The van der Waals surface area contributed by atoms with Crippen molar-refractivity contribution < 1.29 is 14.1 Å². The fourth-order valence-corrected chi connectivity index (χ4v) is 2.78. The van der Waals surface area contributed by atoms with Gasteiger partial charge in [0.25, 0.3) is 5.69 Å². The second-order valence-corrected chi connectivity index (χ2v) is 5.49. The molecule has 2 aromatic rings. The van der Waals surface area contributed by atoms with Gasteiger partial charge in [-0.1, -0.05) is 18.2 Å². The van der Waals surface area contributed by atoms with E-state index in [-0.39, 0.29) is 23.8 Å². The van der Waals surface area contributed by atoms with Gasteiger partial charge in [-0.15, -0.1) is 0 Å². The van der Waals surface area contributed by atoms with Gasteiger partial charge in [-0.05, 0) is 36.1 Å². The average molecular weight is 314 g/mol. The van der Waals surface area contributed by atoms with Crippen LogP contribution in [0.5, 0.6) is 0 Å². The van der Waals surface area contributed by atoms with Gasteiger partial charge in [0.1, 0.15) is 5.82 Å². The maximum atomic E-state index is 12.9. The highest BCUT2D eigenvalue weighted by Crippen LogP contribution is 2.32. The Bertz CT molecular complexity index is 759. The molecule has 0 spiro atoms. The number of nitro groups is 1. The summed E-state index contributed by atoms with van der Waals surface area (Å²) in [6.07, 6.45) is 1.50. The van der Waals surface area contributed by atoms with Crippen molar-refractivity contribution in [2.75, 3.05) is 11.4 Å². The van der Waals surface area contributed by atoms with Crippen LogP contribution in [0.4, 0.5) is 15.8 Å². The lowest BCUT2D eigenvalue weighted by molar-refractivity contribution is -0.384. The SMILES string of the molecule is O=C(CCc1ccc(F)cc1)N1CCc2ccc([N+](=O)[O-])cc21. The lowest BCUT2D eigenvalue weighted by Crippen LogP contribution is -2.29. The number of benzene rings is 2. The zero-order valence-electron chi connectivity index (χ0n) is 12.4. The van der Waals surface area contributed by atoms with E-state index in [1.54, 1.807) is 23.1 Å². The number of hydrogen-bond acceptors (Lipinski definition) is 3. The number of nitro benzene ring substituents is 1. The van der Waals surface area contributed by atoms with Gasteiger partial charge < -0.3 is 4.90 Å². The molecule has 2 aromatic carbocycles. The lowest BCUT2D eigenvalue weighted by Gasteiger charge is -2.17. The summed E-state index contributed by atoms with van der Waals surface area (Å²) in [5.74, 6) is -0.380. The molecule has 0 atom stereocenters. The van der Waals surface area contributed by atoms with Crippen LogP contribution in [0.15, 0.2) is 42.5 Å². The monoisotopic (exact) mass is 314 g/mol. The molecule has 0 unspecified atom stereocenters. The minimum Gasteiger partial charge on any atom is -0.312 e. The van der Waals surface area contributed by atoms with E-state index in [9.17, 15) is 19.3 Å². The predicted molar refractivity (Wildman–Crippen MR) is 83.9 cm³/mol. The number of hydrogen-bond donors (Lipinski definition) is 0. The van der Waals surface area contributed by atoms with Gasteiger partial charge in [-0.25, -0.2) is 4.39 Å². The third kappa shape index (κ3) is 3.21. The van der Waals surface area contributed by atoms with E-state index in [2.05, 4.69) is 0 Å². The third-order valence-corrected chi connectivity index (χ3v) is 4.02. The highest BCUT2D eigenvalue weighted by atomic mass is 19.1. The van der Waals surface area contributed by atoms with E-state index >= 15 is 0 Å². The number of nitrogens with zero attached hydrogens (tertiary/aromatic N) is 2. The third-order valence-electron chi connectivity index (χ3n) is 4.02. The highest BCUT2D eigenvalue weighted by molar-refractivity contribution is 5.96. The summed E-state index contributed by atoms with van der Waals surface area (Å²) in [6, 6.07) is 10.7. The molecule has 3 rings (SSSR count). The Labute approximate surface area is 132 Å². The van der Waals surface area contributed by atoms with Crippen LogP contribution >= 0.6 is 0 Å². The minimum atomic E-state index is -0.459. The van der Waals surface area contributed by atoms with Gasteiger partial charge in [0.05, 0.1) is 10.6 Å². The molecule has 0 saturated heterocycles. The van der Waals surface area contributed by atoms with Crippen molar-refractivity contribution in [3.05, 3.63) is 69.5 Å². The second kappa shape index (κ2) is 6.16. The Morgan fingerprint density at radius 3 is 2.65 bits per heavy atom. The first-order valence-electron chi connectivity index (χ1n) is 7.37. The van der Waals surface area contributed by atoms with E-state index in [1.807, 2.05) is 0 Å². The van der Waals surface area contributed by atoms with Crippen LogP contribution < -0.4 is 4.90 Å². The van der Waals surface area contributed by atoms with Crippen molar-refractivity contribution in [1.82, 2.24) is 0 Å². The number of carbonyl (C=O) groups is 1. The van der Waals surface area contributed by atoms with Crippen molar-refractivity contribution in [3.8, 4) is 0 Å². The van der Waals surface area contributed by atoms with Gasteiger partial charge in [0, 0.05) is 25.1 Å². The normalized spacial score (nSPS) is 13.0. The molecule has 0 aromatic heterocycles. The molecule has 23 heavy (non-hydrogen) atoms. The first kappa shape index (κ1) is 15.1. The maximum absolute atomic E-state index is 12.9. The number of rotatable bonds is 4. The first-order valence-corrected chi connectivity index (χ1v) is 7.37. The molecular weight excluding hydrogens is 299 g/mol. The van der Waals surface area contributed by atoms with E-state index in [4.69, 9.17) is 0 Å². The number of amides is 1. The maximum Gasteiger partial charge on any atom is 0.271 e. The van der Waals surface area contributed by atoms with E-state index < -0.39 is 4.92 Å². The number of halogens is 1. The van der Waals surface area contributed by atoms with Crippen molar-refractivity contribution in [3.63, 3.8) is 0 Å². The van der Waals surface area contributed by atoms with Crippen LogP contribution in [-0.4, -0.2) is 17.4 Å². The molecule has 1 aliphatic heterocycles. The summed E-state index contributed by atoms with van der Waals surface area (Å²) in [5, 5.41) is 10.9. The molecule has 1 amide bonds. The topological polar surface area (TPSA) is 63.5 Å². The average Bonchev–Trinajstić information content (AvgIpc) is 2.97. The number of fused-ring (bicyclic) bond motifs is 1. The first-order chi connectivity index (χ1) is 11.0. The molecule has 0 bridgehead atoms. The van der Waals surface area contributed by atoms with Gasteiger partial charge in [0.2, 0.25) is 5.91 Å². The van der Waals surface area contributed by atoms with Crippen molar-refractivity contribution in [2.24, 2.45) is 0 Å². The smallest absolute Gasteiger partial charge is 0.271 e. The van der Waals surface area contributed by atoms with Crippen LogP contribution in [0.1, 0.15) is 17.5 Å². The number of non-ortho nitro benzene ring substituents is 1. The lowest BCUT2D eigenvalue weighted by atomic mass is 10.1. The largest absolute Gasteiger partial charge is 0.312 e. The fourth-order valence-electron chi connectivity index (χ4n) is 2.78. The number of anilines is 1. The zero-order valence-corrected chi connectivity index (χ0v) is 12.4. The molecule has 0 N–H and O–H groups in total. The standard InChI is InChI=1S/C17H15FN2O3/c18-14-5-1-12(2-6-14)3-8-17(21)19-10-9-13-4-7-15(20(22)23)11-16(13)19/h1-2,4-7,11H,3,8-10H2. The van der Waals surface area contributed by atoms with Crippen LogP contribution in [-0.2, 0) is 17.6 Å². The molecule has 0 saturated carbocycles. The predicted octanol–water partition coefficient (Wildman–Crippen LogP) is 3.26. The molecule has 5 nitrogen and oxygen atoms in total. The van der Waals surface area contributed by atoms with Gasteiger partial charge in [-0.3, -0.25) is 14.9 Å². The summed E-state index contributed by atoms with van der Waals surface area (Å²) in [5.41, 5.74) is 2.45. The Morgan fingerprint density at radius 2 is 1.96 bits per heavy atom. The van der Waals surface area contributed by atoms with Crippen LogP contribution in [0.25, 0.3) is 0 Å². The number of carbonyl (C=O) groups excluding carboxylic acids is 1. The van der Waals surface area contributed by atoms with Crippen molar-refractivity contribution in [2.45, 2.75) is 19.3 Å². The highest BCUT2D eigenvalue weighted by Gasteiger charge is 2.26. The zero-order chi connectivity index (χ0) is 16.4.